The molecule has 28 heavy (non-hydrogen) atoms. The molecule has 6 nitrogen and oxygen atoms in total. The largest absolute Gasteiger partial charge is 0.493 e. The minimum absolute atomic E-state index is 0.0540. The Hall–Kier alpha value is -2.80. The lowest BCUT2D eigenvalue weighted by Crippen LogP contribution is -2.25. The fourth-order valence-corrected chi connectivity index (χ4v) is 3.81. The first-order valence-corrected chi connectivity index (χ1v) is 9.85. The number of aromatic nitrogens is 2. The van der Waals surface area contributed by atoms with Gasteiger partial charge < -0.3 is 14.8 Å². The fraction of sp³-hybridized carbons (Fsp3) is 0.238. The second-order valence-electron chi connectivity index (χ2n) is 6.45. The van der Waals surface area contributed by atoms with Crippen molar-refractivity contribution in [1.29, 1.82) is 0 Å². The van der Waals surface area contributed by atoms with Gasteiger partial charge in [0.25, 0.3) is 0 Å². The number of amides is 1. The van der Waals surface area contributed by atoms with Crippen molar-refractivity contribution in [2.75, 3.05) is 19.0 Å². The first kappa shape index (κ1) is 18.6. The van der Waals surface area contributed by atoms with E-state index in [1.54, 1.807) is 11.8 Å². The Morgan fingerprint density at radius 1 is 1.21 bits per heavy atom. The van der Waals surface area contributed by atoms with E-state index in [0.717, 1.165) is 21.3 Å². The third-order valence-electron chi connectivity index (χ3n) is 4.78. The maximum atomic E-state index is 12.5. The summed E-state index contributed by atoms with van der Waals surface area (Å²) in [5.41, 5.74) is 2.76. The number of benzene rings is 2. The second-order valence-corrected chi connectivity index (χ2v) is 7.37. The van der Waals surface area contributed by atoms with Gasteiger partial charge >= 0.3 is 0 Å². The fourth-order valence-electron chi connectivity index (χ4n) is 3.54. The van der Waals surface area contributed by atoms with Crippen molar-refractivity contribution in [3.05, 3.63) is 64.3 Å². The third-order valence-corrected chi connectivity index (χ3v) is 5.31. The molecule has 0 saturated heterocycles. The lowest BCUT2D eigenvalue weighted by atomic mass is 9.86. The van der Waals surface area contributed by atoms with Gasteiger partial charge in [-0.25, -0.2) is 4.68 Å². The summed E-state index contributed by atoms with van der Waals surface area (Å²) in [5, 5.41) is 7.52. The van der Waals surface area contributed by atoms with Crippen molar-refractivity contribution in [1.82, 2.24) is 9.78 Å². The predicted octanol–water partition coefficient (Wildman–Crippen LogP) is 4.52. The zero-order chi connectivity index (χ0) is 19.7. The number of ether oxygens (including phenoxy) is 2. The Labute approximate surface area is 171 Å². The van der Waals surface area contributed by atoms with Crippen LogP contribution < -0.4 is 14.8 Å². The molecule has 0 fully saturated rings. The average molecular weight is 442 g/mol. The van der Waals surface area contributed by atoms with Crippen molar-refractivity contribution < 1.29 is 14.3 Å². The van der Waals surface area contributed by atoms with Crippen molar-refractivity contribution in [3.63, 3.8) is 0 Å². The number of carbonyl (C=O) groups is 1. The molecule has 1 aliphatic heterocycles. The van der Waals surface area contributed by atoms with Crippen LogP contribution in [0.25, 0.3) is 5.69 Å². The number of para-hydroxylation sites is 1. The maximum Gasteiger partial charge on any atom is 0.226 e. The lowest BCUT2D eigenvalue weighted by molar-refractivity contribution is -0.116. The van der Waals surface area contributed by atoms with Crippen LogP contribution in [-0.2, 0) is 4.79 Å². The molecular formula is C21H20BrN3O3. The number of nitrogens with zero attached hydrogens (tertiary/aromatic N) is 2. The van der Waals surface area contributed by atoms with E-state index in [1.165, 1.54) is 0 Å². The van der Waals surface area contributed by atoms with Crippen LogP contribution in [0.15, 0.2) is 53.1 Å². The maximum absolute atomic E-state index is 12.5. The van der Waals surface area contributed by atoms with Crippen LogP contribution in [0.4, 0.5) is 5.82 Å². The highest BCUT2D eigenvalue weighted by atomic mass is 79.9. The van der Waals surface area contributed by atoms with E-state index in [0.29, 0.717) is 30.3 Å². The van der Waals surface area contributed by atoms with Crippen molar-refractivity contribution in [2.45, 2.75) is 19.3 Å². The molecule has 0 bridgehead atoms. The van der Waals surface area contributed by atoms with Crippen LogP contribution in [0.1, 0.15) is 30.4 Å². The quantitative estimate of drug-likeness (QED) is 0.631. The molecule has 0 radical (unpaired) electrons. The van der Waals surface area contributed by atoms with E-state index in [9.17, 15) is 4.79 Å². The van der Waals surface area contributed by atoms with Gasteiger partial charge in [-0.15, -0.1) is 0 Å². The first-order chi connectivity index (χ1) is 13.6. The standard InChI is InChI=1S/C21H20BrN3O3/c1-3-28-20-15(5-4-6-18(20)27-2)16-11-19(26)24-21-17(16)12-23-25(21)14-9-7-13(22)8-10-14/h4-10,12,16H,3,11H2,1-2H3,(H,24,26)/t16-/m0/s1. The summed E-state index contributed by atoms with van der Waals surface area (Å²) >= 11 is 3.44. The van der Waals surface area contributed by atoms with Gasteiger partial charge in [0.05, 0.1) is 25.6 Å². The number of carbonyl (C=O) groups excluding carboxylic acids is 1. The number of nitrogens with one attached hydrogen (secondary N) is 1. The molecule has 0 saturated carbocycles. The number of hydrogen-bond acceptors (Lipinski definition) is 4. The molecule has 3 aromatic rings. The highest BCUT2D eigenvalue weighted by Crippen LogP contribution is 2.44. The van der Waals surface area contributed by atoms with Crippen molar-refractivity contribution in [2.24, 2.45) is 0 Å². The number of anilines is 1. The second kappa shape index (κ2) is 7.67. The molecule has 0 spiro atoms. The Morgan fingerprint density at radius 2 is 2.00 bits per heavy atom. The van der Waals surface area contributed by atoms with Crippen LogP contribution in [-0.4, -0.2) is 29.4 Å². The molecule has 7 heteroatoms. The Bertz CT molecular complexity index is 1010. The van der Waals surface area contributed by atoms with E-state index < -0.39 is 0 Å². The Kier molecular flexibility index (Phi) is 5.09. The average Bonchev–Trinajstić information content (AvgIpc) is 3.12. The summed E-state index contributed by atoms with van der Waals surface area (Å²) in [6, 6.07) is 13.6. The summed E-state index contributed by atoms with van der Waals surface area (Å²) in [4.78, 5) is 12.5. The van der Waals surface area contributed by atoms with E-state index >= 15 is 0 Å². The number of hydrogen-bond donors (Lipinski definition) is 1. The Balaban J connectivity index is 1.83. The number of methoxy groups -OCH3 is 1. The smallest absolute Gasteiger partial charge is 0.226 e. The summed E-state index contributed by atoms with van der Waals surface area (Å²) in [7, 11) is 1.62. The molecule has 2 aromatic carbocycles. The number of halogens is 1. The minimum atomic E-state index is -0.162. The summed E-state index contributed by atoms with van der Waals surface area (Å²) in [5.74, 6) is 1.81. The van der Waals surface area contributed by atoms with Gasteiger partial charge in [-0.1, -0.05) is 28.1 Å². The molecule has 1 atom stereocenters. The third kappa shape index (κ3) is 3.26. The molecule has 1 N–H and O–H groups in total. The summed E-state index contributed by atoms with van der Waals surface area (Å²) in [6.45, 7) is 2.44. The first-order valence-electron chi connectivity index (χ1n) is 9.05. The zero-order valence-electron chi connectivity index (χ0n) is 15.6. The van der Waals surface area contributed by atoms with Crippen molar-refractivity contribution >= 4 is 27.7 Å². The highest BCUT2D eigenvalue weighted by Gasteiger charge is 2.33. The molecule has 4 rings (SSSR count). The highest BCUT2D eigenvalue weighted by molar-refractivity contribution is 9.10. The summed E-state index contributed by atoms with van der Waals surface area (Å²) in [6.07, 6.45) is 2.14. The molecule has 2 heterocycles. The minimum Gasteiger partial charge on any atom is -0.493 e. The van der Waals surface area contributed by atoms with Gasteiger partial charge in [0.1, 0.15) is 5.82 Å². The zero-order valence-corrected chi connectivity index (χ0v) is 17.2. The monoisotopic (exact) mass is 441 g/mol. The number of rotatable bonds is 5. The molecule has 0 unspecified atom stereocenters. The van der Waals surface area contributed by atoms with Crippen LogP contribution in [0, 0.1) is 0 Å². The van der Waals surface area contributed by atoms with E-state index in [-0.39, 0.29) is 11.8 Å². The Morgan fingerprint density at radius 3 is 2.71 bits per heavy atom. The molecule has 1 amide bonds. The number of fused-ring (bicyclic) bond motifs is 1. The van der Waals surface area contributed by atoms with Gasteiger partial charge in [-0.3, -0.25) is 4.79 Å². The summed E-state index contributed by atoms with van der Waals surface area (Å²) < 4.78 is 14.1. The topological polar surface area (TPSA) is 65.4 Å². The van der Waals surface area contributed by atoms with Crippen molar-refractivity contribution in [3.8, 4) is 17.2 Å². The van der Waals surface area contributed by atoms with Gasteiger partial charge in [0.15, 0.2) is 11.5 Å². The van der Waals surface area contributed by atoms with Gasteiger partial charge in [-0.2, -0.15) is 5.10 Å². The SMILES string of the molecule is CCOc1c(OC)cccc1[C@@H]1CC(=O)Nc2c1cnn2-c1ccc(Br)cc1. The van der Waals surface area contributed by atoms with Crippen LogP contribution >= 0.6 is 15.9 Å². The van der Waals surface area contributed by atoms with Gasteiger partial charge in [0, 0.05) is 27.9 Å². The van der Waals surface area contributed by atoms with E-state index in [1.807, 2.05) is 55.6 Å². The normalized spacial score (nSPS) is 15.7. The van der Waals surface area contributed by atoms with E-state index in [4.69, 9.17) is 9.47 Å². The van der Waals surface area contributed by atoms with E-state index in [2.05, 4.69) is 26.3 Å². The lowest BCUT2D eigenvalue weighted by Gasteiger charge is -2.26. The van der Waals surface area contributed by atoms with Crippen LogP contribution in [0.2, 0.25) is 0 Å². The molecule has 144 valence electrons. The molecule has 1 aromatic heterocycles. The molecular weight excluding hydrogens is 422 g/mol. The van der Waals surface area contributed by atoms with Gasteiger partial charge in [-0.05, 0) is 37.3 Å². The van der Waals surface area contributed by atoms with Crippen LogP contribution in [0.5, 0.6) is 11.5 Å². The molecule has 0 aliphatic carbocycles. The van der Waals surface area contributed by atoms with Gasteiger partial charge in [0.2, 0.25) is 5.91 Å². The van der Waals surface area contributed by atoms with Crippen LogP contribution in [0.3, 0.4) is 0 Å². The predicted molar refractivity (Wildman–Crippen MR) is 111 cm³/mol. The molecule has 1 aliphatic rings.